The lowest BCUT2D eigenvalue weighted by Gasteiger charge is -2.26. The largest absolute Gasteiger partial charge is 0.411 e. The second-order valence-corrected chi connectivity index (χ2v) is 4.21. The van der Waals surface area contributed by atoms with Crippen LogP contribution in [0.2, 0.25) is 0 Å². The third kappa shape index (κ3) is 2.58. The predicted molar refractivity (Wildman–Crippen MR) is 62.7 cm³/mol. The van der Waals surface area contributed by atoms with Crippen LogP contribution in [0.25, 0.3) is 0 Å². The Labute approximate surface area is 95.6 Å². The van der Waals surface area contributed by atoms with Crippen molar-refractivity contribution in [2.75, 3.05) is 13.1 Å². The van der Waals surface area contributed by atoms with Crippen molar-refractivity contribution in [1.82, 2.24) is 9.88 Å². The Morgan fingerprint density at radius 2 is 2.19 bits per heavy atom. The third-order valence-electron chi connectivity index (χ3n) is 3.07. The van der Waals surface area contributed by atoms with Gasteiger partial charge in [0.1, 0.15) is 0 Å². The normalized spacial score (nSPS) is 17.4. The van der Waals surface area contributed by atoms with Crippen LogP contribution in [-0.2, 0) is 6.54 Å². The quantitative estimate of drug-likeness (QED) is 0.609. The SMILES string of the molecule is Cc1cccnc1CN1CCC(=NO)CC1. The molecule has 1 aromatic rings. The Balaban J connectivity index is 1.94. The van der Waals surface area contributed by atoms with Crippen LogP contribution in [0.4, 0.5) is 0 Å². The van der Waals surface area contributed by atoms with Gasteiger partial charge in [-0.1, -0.05) is 11.2 Å². The van der Waals surface area contributed by atoms with Crippen molar-refractivity contribution in [1.29, 1.82) is 0 Å². The summed E-state index contributed by atoms with van der Waals surface area (Å²) in [6.07, 6.45) is 3.57. The summed E-state index contributed by atoms with van der Waals surface area (Å²) >= 11 is 0. The van der Waals surface area contributed by atoms with Crippen LogP contribution in [-0.4, -0.2) is 33.9 Å². The minimum Gasteiger partial charge on any atom is -0.411 e. The lowest BCUT2D eigenvalue weighted by molar-refractivity contribution is 0.253. The molecule has 0 radical (unpaired) electrons. The zero-order valence-electron chi connectivity index (χ0n) is 9.56. The van der Waals surface area contributed by atoms with E-state index in [4.69, 9.17) is 5.21 Å². The van der Waals surface area contributed by atoms with Crippen molar-refractivity contribution in [3.05, 3.63) is 29.6 Å². The van der Waals surface area contributed by atoms with Crippen molar-refractivity contribution >= 4 is 5.71 Å². The van der Waals surface area contributed by atoms with E-state index in [1.807, 2.05) is 12.3 Å². The average Bonchev–Trinajstić information content (AvgIpc) is 2.33. The summed E-state index contributed by atoms with van der Waals surface area (Å²) in [4.78, 5) is 6.74. The van der Waals surface area contributed by atoms with Crippen LogP contribution in [0.5, 0.6) is 0 Å². The van der Waals surface area contributed by atoms with Crippen LogP contribution in [0, 0.1) is 6.92 Å². The van der Waals surface area contributed by atoms with Gasteiger partial charge in [-0.25, -0.2) is 0 Å². The van der Waals surface area contributed by atoms with Gasteiger partial charge in [-0.05, 0) is 18.6 Å². The standard InChI is InChI=1S/C12H17N3O/c1-10-3-2-6-13-12(10)9-15-7-4-11(14-16)5-8-15/h2-3,6,16H,4-5,7-9H2,1H3. The maximum absolute atomic E-state index is 8.67. The molecule has 1 aliphatic rings. The molecule has 0 aromatic carbocycles. The van der Waals surface area contributed by atoms with E-state index in [2.05, 4.69) is 28.0 Å². The van der Waals surface area contributed by atoms with Crippen molar-refractivity contribution in [3.63, 3.8) is 0 Å². The number of aryl methyl sites for hydroxylation is 1. The molecule has 1 aliphatic heterocycles. The molecule has 0 unspecified atom stereocenters. The number of oxime groups is 1. The first kappa shape index (κ1) is 11.1. The molecular weight excluding hydrogens is 202 g/mol. The van der Waals surface area contributed by atoms with Gasteiger partial charge in [0, 0.05) is 38.7 Å². The zero-order chi connectivity index (χ0) is 11.4. The smallest absolute Gasteiger partial charge is 0.0596 e. The highest BCUT2D eigenvalue weighted by Crippen LogP contribution is 2.12. The van der Waals surface area contributed by atoms with Crippen LogP contribution < -0.4 is 0 Å². The third-order valence-corrected chi connectivity index (χ3v) is 3.07. The molecule has 0 amide bonds. The van der Waals surface area contributed by atoms with Gasteiger partial charge >= 0.3 is 0 Å². The highest BCUT2D eigenvalue weighted by Gasteiger charge is 2.16. The maximum atomic E-state index is 8.67. The number of aromatic nitrogens is 1. The molecule has 2 rings (SSSR count). The first-order chi connectivity index (χ1) is 7.79. The monoisotopic (exact) mass is 219 g/mol. The van der Waals surface area contributed by atoms with E-state index in [9.17, 15) is 0 Å². The molecule has 1 fully saturated rings. The highest BCUT2D eigenvalue weighted by molar-refractivity contribution is 5.84. The van der Waals surface area contributed by atoms with Gasteiger partial charge < -0.3 is 5.21 Å². The predicted octanol–water partition coefficient (Wildman–Crippen LogP) is 1.82. The minimum absolute atomic E-state index is 0.863. The number of rotatable bonds is 2. The molecule has 4 heteroatoms. The van der Waals surface area contributed by atoms with E-state index in [1.54, 1.807) is 0 Å². The second kappa shape index (κ2) is 5.07. The van der Waals surface area contributed by atoms with Crippen LogP contribution in [0.15, 0.2) is 23.5 Å². The van der Waals surface area contributed by atoms with E-state index < -0.39 is 0 Å². The van der Waals surface area contributed by atoms with E-state index >= 15 is 0 Å². The Kier molecular flexibility index (Phi) is 3.51. The summed E-state index contributed by atoms with van der Waals surface area (Å²) in [6.45, 7) is 4.89. The topological polar surface area (TPSA) is 48.7 Å². The molecule has 1 aromatic heterocycles. The van der Waals surface area contributed by atoms with Crippen LogP contribution >= 0.6 is 0 Å². The average molecular weight is 219 g/mol. The number of piperidine rings is 1. The van der Waals surface area contributed by atoms with Crippen molar-refractivity contribution in [3.8, 4) is 0 Å². The Hall–Kier alpha value is -1.42. The summed E-state index contributed by atoms with van der Waals surface area (Å²) in [5.41, 5.74) is 3.30. The lowest BCUT2D eigenvalue weighted by atomic mass is 10.1. The summed E-state index contributed by atoms with van der Waals surface area (Å²) in [6, 6.07) is 4.05. The number of nitrogens with zero attached hydrogens (tertiary/aromatic N) is 3. The molecule has 0 aliphatic carbocycles. The number of hydrogen-bond acceptors (Lipinski definition) is 4. The first-order valence-corrected chi connectivity index (χ1v) is 5.62. The van der Waals surface area contributed by atoms with Crippen LogP contribution in [0.3, 0.4) is 0 Å². The van der Waals surface area contributed by atoms with Gasteiger partial charge in [-0.15, -0.1) is 0 Å². The molecule has 0 saturated carbocycles. The second-order valence-electron chi connectivity index (χ2n) is 4.21. The van der Waals surface area contributed by atoms with E-state index in [-0.39, 0.29) is 0 Å². The molecule has 0 atom stereocenters. The van der Waals surface area contributed by atoms with E-state index in [1.165, 1.54) is 5.56 Å². The van der Waals surface area contributed by atoms with E-state index in [0.29, 0.717) is 0 Å². The molecule has 16 heavy (non-hydrogen) atoms. The number of hydrogen-bond donors (Lipinski definition) is 1. The molecule has 0 spiro atoms. The Morgan fingerprint density at radius 3 is 2.81 bits per heavy atom. The summed E-state index contributed by atoms with van der Waals surface area (Å²) < 4.78 is 0. The fourth-order valence-electron chi connectivity index (χ4n) is 1.96. The number of pyridine rings is 1. The summed E-state index contributed by atoms with van der Waals surface area (Å²) in [7, 11) is 0. The Morgan fingerprint density at radius 1 is 1.44 bits per heavy atom. The molecule has 1 saturated heterocycles. The van der Waals surface area contributed by atoms with E-state index in [0.717, 1.165) is 43.9 Å². The first-order valence-electron chi connectivity index (χ1n) is 5.62. The van der Waals surface area contributed by atoms with Crippen molar-refractivity contribution < 1.29 is 5.21 Å². The van der Waals surface area contributed by atoms with Gasteiger partial charge in [-0.3, -0.25) is 9.88 Å². The Bertz CT molecular complexity index is 380. The highest BCUT2D eigenvalue weighted by atomic mass is 16.4. The van der Waals surface area contributed by atoms with Gasteiger partial charge in [0.2, 0.25) is 0 Å². The van der Waals surface area contributed by atoms with Gasteiger partial charge in [0.05, 0.1) is 11.4 Å². The summed E-state index contributed by atoms with van der Waals surface area (Å²) in [5, 5.41) is 11.9. The zero-order valence-corrected chi connectivity index (χ0v) is 9.56. The lowest BCUT2D eigenvalue weighted by Crippen LogP contribution is -2.33. The molecular formula is C12H17N3O. The molecule has 86 valence electrons. The van der Waals surface area contributed by atoms with Crippen LogP contribution in [0.1, 0.15) is 24.1 Å². The molecule has 4 nitrogen and oxygen atoms in total. The van der Waals surface area contributed by atoms with Gasteiger partial charge in [0.25, 0.3) is 0 Å². The number of likely N-dealkylation sites (tertiary alicyclic amines) is 1. The molecule has 0 bridgehead atoms. The summed E-state index contributed by atoms with van der Waals surface area (Å²) in [5.74, 6) is 0. The fourth-order valence-corrected chi connectivity index (χ4v) is 1.96. The fraction of sp³-hybridized carbons (Fsp3) is 0.500. The van der Waals surface area contributed by atoms with Crippen molar-refractivity contribution in [2.24, 2.45) is 5.16 Å². The maximum Gasteiger partial charge on any atom is 0.0596 e. The minimum atomic E-state index is 0.863. The van der Waals surface area contributed by atoms with Gasteiger partial charge in [-0.2, -0.15) is 0 Å². The molecule has 2 heterocycles. The van der Waals surface area contributed by atoms with Crippen molar-refractivity contribution in [2.45, 2.75) is 26.3 Å². The van der Waals surface area contributed by atoms with Gasteiger partial charge in [0.15, 0.2) is 0 Å². The molecule has 1 N–H and O–H groups in total.